The Kier molecular flexibility index (Phi) is 4.45. The van der Waals surface area contributed by atoms with Crippen LogP contribution in [0.5, 0.6) is 0 Å². The van der Waals surface area contributed by atoms with Crippen LogP contribution in [0, 0.1) is 6.92 Å². The molecule has 0 spiro atoms. The second kappa shape index (κ2) is 5.64. The van der Waals surface area contributed by atoms with Crippen LogP contribution in [-0.4, -0.2) is 31.9 Å². The van der Waals surface area contributed by atoms with Gasteiger partial charge in [-0.25, -0.2) is 0 Å². The SMILES string of the molecule is CNCC(=Cc1csc(C)c1)B1OC(C)(C)C(C)(C)O1. The van der Waals surface area contributed by atoms with Crippen LogP contribution < -0.4 is 5.32 Å². The zero-order valence-electron chi connectivity index (χ0n) is 13.2. The minimum atomic E-state index is -0.297. The quantitative estimate of drug-likeness (QED) is 0.864. The van der Waals surface area contributed by atoms with Gasteiger partial charge in [0.25, 0.3) is 0 Å². The normalized spacial score (nSPS) is 21.5. The zero-order chi connectivity index (χ0) is 15.0. The lowest BCUT2D eigenvalue weighted by atomic mass is 9.77. The van der Waals surface area contributed by atoms with Gasteiger partial charge in [-0.3, -0.25) is 0 Å². The summed E-state index contributed by atoms with van der Waals surface area (Å²) in [6, 6.07) is 2.19. The second-order valence-corrected chi connectivity index (χ2v) is 7.44. The van der Waals surface area contributed by atoms with E-state index in [9.17, 15) is 0 Å². The molecule has 20 heavy (non-hydrogen) atoms. The topological polar surface area (TPSA) is 30.5 Å². The van der Waals surface area contributed by atoms with Crippen molar-refractivity contribution < 1.29 is 9.31 Å². The summed E-state index contributed by atoms with van der Waals surface area (Å²) in [5, 5.41) is 5.36. The van der Waals surface area contributed by atoms with Crippen molar-refractivity contribution in [3.05, 3.63) is 27.4 Å². The number of hydrogen-bond acceptors (Lipinski definition) is 4. The number of aryl methyl sites for hydroxylation is 1. The molecule has 1 saturated heterocycles. The molecule has 2 rings (SSSR count). The highest BCUT2D eigenvalue weighted by molar-refractivity contribution is 7.10. The fraction of sp³-hybridized carbons (Fsp3) is 0.600. The third kappa shape index (κ3) is 3.17. The predicted octanol–water partition coefficient (Wildman–Crippen LogP) is 3.29. The molecule has 0 aromatic carbocycles. The van der Waals surface area contributed by atoms with Crippen LogP contribution >= 0.6 is 11.3 Å². The predicted molar refractivity (Wildman–Crippen MR) is 87.0 cm³/mol. The number of hydrogen-bond donors (Lipinski definition) is 1. The average Bonchev–Trinajstić information content (AvgIpc) is 2.81. The molecular weight excluding hydrogens is 269 g/mol. The van der Waals surface area contributed by atoms with Crippen molar-refractivity contribution in [3.8, 4) is 0 Å². The molecule has 0 atom stereocenters. The first kappa shape index (κ1) is 15.8. The third-order valence-electron chi connectivity index (χ3n) is 4.04. The number of likely N-dealkylation sites (N-methyl/N-ethyl adjacent to an activating group) is 1. The molecule has 1 fully saturated rings. The Labute approximate surface area is 126 Å². The van der Waals surface area contributed by atoms with Crippen molar-refractivity contribution in [2.45, 2.75) is 45.8 Å². The van der Waals surface area contributed by atoms with Gasteiger partial charge in [-0.15, -0.1) is 11.3 Å². The summed E-state index contributed by atoms with van der Waals surface area (Å²) >= 11 is 1.76. The summed E-state index contributed by atoms with van der Waals surface area (Å²) < 4.78 is 12.3. The highest BCUT2D eigenvalue weighted by atomic mass is 32.1. The van der Waals surface area contributed by atoms with E-state index in [4.69, 9.17) is 9.31 Å². The Morgan fingerprint density at radius 1 is 1.30 bits per heavy atom. The van der Waals surface area contributed by atoms with E-state index in [1.807, 2.05) is 7.05 Å². The van der Waals surface area contributed by atoms with Gasteiger partial charge in [0.2, 0.25) is 0 Å². The summed E-state index contributed by atoms with van der Waals surface area (Å²) in [4.78, 5) is 1.31. The molecule has 5 heteroatoms. The van der Waals surface area contributed by atoms with Crippen molar-refractivity contribution in [3.63, 3.8) is 0 Å². The number of nitrogens with one attached hydrogen (secondary N) is 1. The van der Waals surface area contributed by atoms with Crippen LogP contribution in [0.25, 0.3) is 6.08 Å². The third-order valence-corrected chi connectivity index (χ3v) is 4.92. The van der Waals surface area contributed by atoms with Crippen molar-refractivity contribution >= 4 is 24.5 Å². The van der Waals surface area contributed by atoms with E-state index < -0.39 is 0 Å². The Hall–Kier alpha value is -0.615. The molecule has 1 aromatic heterocycles. The van der Waals surface area contributed by atoms with Crippen LogP contribution in [0.4, 0.5) is 0 Å². The second-order valence-electron chi connectivity index (χ2n) is 6.33. The molecule has 0 bridgehead atoms. The smallest absolute Gasteiger partial charge is 0.400 e. The summed E-state index contributed by atoms with van der Waals surface area (Å²) in [5.74, 6) is 0. The molecule has 3 nitrogen and oxygen atoms in total. The van der Waals surface area contributed by atoms with E-state index in [1.54, 1.807) is 11.3 Å². The lowest BCUT2D eigenvalue weighted by Gasteiger charge is -2.32. The van der Waals surface area contributed by atoms with Crippen molar-refractivity contribution in [1.82, 2.24) is 5.32 Å². The first-order valence-corrected chi connectivity index (χ1v) is 7.89. The van der Waals surface area contributed by atoms with Gasteiger partial charge in [0.1, 0.15) is 0 Å². The van der Waals surface area contributed by atoms with E-state index in [1.165, 1.54) is 10.4 Å². The van der Waals surface area contributed by atoms with Gasteiger partial charge in [0.05, 0.1) is 11.2 Å². The molecule has 0 unspecified atom stereocenters. The minimum absolute atomic E-state index is 0.285. The molecule has 0 radical (unpaired) electrons. The van der Waals surface area contributed by atoms with Gasteiger partial charge in [-0.05, 0) is 64.1 Å². The van der Waals surface area contributed by atoms with E-state index in [0.29, 0.717) is 0 Å². The summed E-state index contributed by atoms with van der Waals surface area (Å²) in [7, 11) is 1.66. The lowest BCUT2D eigenvalue weighted by Crippen LogP contribution is -2.41. The maximum atomic E-state index is 6.13. The van der Waals surface area contributed by atoms with E-state index in [2.05, 4.69) is 57.5 Å². The van der Waals surface area contributed by atoms with Crippen LogP contribution in [0.15, 0.2) is 16.9 Å². The molecule has 2 heterocycles. The highest BCUT2D eigenvalue weighted by Gasteiger charge is 2.52. The van der Waals surface area contributed by atoms with Crippen molar-refractivity contribution in [1.29, 1.82) is 0 Å². The van der Waals surface area contributed by atoms with Crippen molar-refractivity contribution in [2.75, 3.05) is 13.6 Å². The van der Waals surface area contributed by atoms with Gasteiger partial charge in [0.15, 0.2) is 0 Å². The zero-order valence-corrected chi connectivity index (χ0v) is 14.1. The molecule has 1 aliphatic heterocycles. The first-order chi connectivity index (χ1) is 9.25. The molecule has 1 aliphatic rings. The van der Waals surface area contributed by atoms with Gasteiger partial charge in [-0.2, -0.15) is 0 Å². The molecule has 1 aromatic rings. The molecule has 0 aliphatic carbocycles. The van der Waals surface area contributed by atoms with Gasteiger partial charge < -0.3 is 14.6 Å². The maximum Gasteiger partial charge on any atom is 0.491 e. The number of rotatable bonds is 4. The Balaban J connectivity index is 2.24. The first-order valence-electron chi connectivity index (χ1n) is 7.01. The standard InChI is InChI=1S/C15H24BNO2S/c1-11-7-12(10-20-11)8-13(9-17-6)16-18-14(2,3)15(4,5)19-16/h7-8,10,17H,9H2,1-6H3. The molecule has 0 saturated carbocycles. The van der Waals surface area contributed by atoms with Gasteiger partial charge in [-0.1, -0.05) is 6.08 Å². The molecular formula is C15H24BNO2S. The van der Waals surface area contributed by atoms with E-state index in [-0.39, 0.29) is 18.3 Å². The fourth-order valence-electron chi connectivity index (χ4n) is 2.15. The van der Waals surface area contributed by atoms with Crippen LogP contribution in [0.3, 0.4) is 0 Å². The molecule has 1 N–H and O–H groups in total. The van der Waals surface area contributed by atoms with Gasteiger partial charge >= 0.3 is 7.12 Å². The summed E-state index contributed by atoms with van der Waals surface area (Å²) in [6.07, 6.45) is 2.17. The summed E-state index contributed by atoms with van der Waals surface area (Å²) in [5.41, 5.74) is 1.75. The van der Waals surface area contributed by atoms with E-state index >= 15 is 0 Å². The highest BCUT2D eigenvalue weighted by Crippen LogP contribution is 2.38. The fourth-order valence-corrected chi connectivity index (χ4v) is 2.82. The largest absolute Gasteiger partial charge is 0.491 e. The molecule has 0 amide bonds. The van der Waals surface area contributed by atoms with Crippen LogP contribution in [-0.2, 0) is 9.31 Å². The van der Waals surface area contributed by atoms with E-state index in [0.717, 1.165) is 12.0 Å². The van der Waals surface area contributed by atoms with Crippen LogP contribution in [0.2, 0.25) is 0 Å². The Morgan fingerprint density at radius 3 is 2.35 bits per heavy atom. The van der Waals surface area contributed by atoms with Crippen molar-refractivity contribution in [2.24, 2.45) is 0 Å². The Bertz CT molecular complexity index is 492. The van der Waals surface area contributed by atoms with Gasteiger partial charge in [0, 0.05) is 11.4 Å². The monoisotopic (exact) mass is 293 g/mol. The lowest BCUT2D eigenvalue weighted by molar-refractivity contribution is 0.00578. The average molecular weight is 293 g/mol. The summed E-state index contributed by atoms with van der Waals surface area (Å²) in [6.45, 7) is 11.2. The van der Waals surface area contributed by atoms with Crippen LogP contribution in [0.1, 0.15) is 38.1 Å². The minimum Gasteiger partial charge on any atom is -0.400 e. The Morgan fingerprint density at radius 2 is 1.90 bits per heavy atom. The maximum absolute atomic E-state index is 6.13. The molecule has 110 valence electrons. The number of thiophene rings is 1.